The SMILES string of the molecule is COc1ccc(CNC(C)CCC(C)(O)c2ccc(CNC(C)C)c(F)c2)cc1F. The van der Waals surface area contributed by atoms with Crippen molar-refractivity contribution >= 4 is 0 Å². The van der Waals surface area contributed by atoms with Crippen molar-refractivity contribution in [1.82, 2.24) is 10.6 Å². The molecule has 4 nitrogen and oxygen atoms in total. The van der Waals surface area contributed by atoms with Crippen LogP contribution in [0.1, 0.15) is 57.2 Å². The van der Waals surface area contributed by atoms with Crippen molar-refractivity contribution in [2.45, 2.75) is 71.3 Å². The third kappa shape index (κ3) is 7.04. The van der Waals surface area contributed by atoms with Gasteiger partial charge in [0.15, 0.2) is 11.6 Å². The molecule has 6 heteroatoms. The summed E-state index contributed by atoms with van der Waals surface area (Å²) in [5.74, 6) is -0.476. The van der Waals surface area contributed by atoms with Crippen molar-refractivity contribution in [1.29, 1.82) is 0 Å². The molecule has 2 rings (SSSR count). The van der Waals surface area contributed by atoms with Crippen LogP contribution in [0.3, 0.4) is 0 Å². The summed E-state index contributed by atoms with van der Waals surface area (Å²) >= 11 is 0. The van der Waals surface area contributed by atoms with Gasteiger partial charge in [0.05, 0.1) is 12.7 Å². The Balaban J connectivity index is 1.89. The average molecular weight is 421 g/mol. The fourth-order valence-corrected chi connectivity index (χ4v) is 3.20. The second-order valence-electron chi connectivity index (χ2n) is 8.41. The van der Waals surface area contributed by atoms with E-state index in [4.69, 9.17) is 4.74 Å². The standard InChI is InChI=1S/C24H34F2N2O2/c1-16(2)27-15-19-7-8-20(13-21(19)25)24(4,29)11-10-17(3)28-14-18-6-9-23(30-5)22(26)12-18/h6-9,12-13,16-17,27-29H,10-11,14-15H2,1-5H3. The van der Waals surface area contributed by atoms with Gasteiger partial charge >= 0.3 is 0 Å². The minimum absolute atomic E-state index is 0.0981. The van der Waals surface area contributed by atoms with Crippen LogP contribution in [0.5, 0.6) is 5.75 Å². The maximum Gasteiger partial charge on any atom is 0.165 e. The predicted octanol–water partition coefficient (Wildman–Crippen LogP) is 4.64. The summed E-state index contributed by atoms with van der Waals surface area (Å²) in [6.45, 7) is 8.71. The van der Waals surface area contributed by atoms with E-state index in [-0.39, 0.29) is 29.5 Å². The Morgan fingerprint density at radius 2 is 1.73 bits per heavy atom. The van der Waals surface area contributed by atoms with Gasteiger partial charge in [0.2, 0.25) is 0 Å². The summed E-state index contributed by atoms with van der Waals surface area (Å²) in [7, 11) is 1.44. The molecule has 0 bridgehead atoms. The first-order valence-electron chi connectivity index (χ1n) is 10.4. The van der Waals surface area contributed by atoms with E-state index in [2.05, 4.69) is 10.6 Å². The lowest BCUT2D eigenvalue weighted by atomic mass is 9.89. The minimum Gasteiger partial charge on any atom is -0.494 e. The molecular weight excluding hydrogens is 386 g/mol. The van der Waals surface area contributed by atoms with E-state index in [9.17, 15) is 13.9 Å². The fourth-order valence-electron chi connectivity index (χ4n) is 3.20. The van der Waals surface area contributed by atoms with Crippen LogP contribution < -0.4 is 15.4 Å². The van der Waals surface area contributed by atoms with Crippen LogP contribution in [0.15, 0.2) is 36.4 Å². The Hall–Kier alpha value is -2.02. The fraction of sp³-hybridized carbons (Fsp3) is 0.500. The van der Waals surface area contributed by atoms with Crippen LogP contribution in [0.4, 0.5) is 8.78 Å². The third-order valence-corrected chi connectivity index (χ3v) is 5.31. The highest BCUT2D eigenvalue weighted by molar-refractivity contribution is 5.30. The van der Waals surface area contributed by atoms with Gasteiger partial charge in [0.1, 0.15) is 5.82 Å². The van der Waals surface area contributed by atoms with Gasteiger partial charge in [-0.2, -0.15) is 0 Å². The molecule has 2 atom stereocenters. The Bertz CT molecular complexity index is 825. The summed E-state index contributed by atoms with van der Waals surface area (Å²) in [5.41, 5.74) is 0.842. The van der Waals surface area contributed by atoms with Gasteiger partial charge in [-0.1, -0.05) is 32.0 Å². The average Bonchev–Trinajstić information content (AvgIpc) is 2.69. The summed E-state index contributed by atoms with van der Waals surface area (Å²) in [6.07, 6.45) is 1.16. The molecule has 2 aromatic carbocycles. The predicted molar refractivity (Wildman–Crippen MR) is 116 cm³/mol. The van der Waals surface area contributed by atoms with Gasteiger partial charge in [0, 0.05) is 30.7 Å². The molecule has 0 aliphatic rings. The second kappa shape index (κ2) is 10.8. The van der Waals surface area contributed by atoms with Gasteiger partial charge in [-0.3, -0.25) is 0 Å². The number of aliphatic hydroxyl groups is 1. The molecule has 0 aliphatic heterocycles. The maximum absolute atomic E-state index is 14.4. The zero-order valence-corrected chi connectivity index (χ0v) is 18.6. The van der Waals surface area contributed by atoms with Crippen LogP contribution in [0, 0.1) is 11.6 Å². The van der Waals surface area contributed by atoms with E-state index in [0.29, 0.717) is 37.1 Å². The highest BCUT2D eigenvalue weighted by atomic mass is 19.1. The van der Waals surface area contributed by atoms with Crippen molar-refractivity contribution in [2.24, 2.45) is 0 Å². The van der Waals surface area contributed by atoms with Gasteiger partial charge in [-0.15, -0.1) is 0 Å². The third-order valence-electron chi connectivity index (χ3n) is 5.31. The summed E-state index contributed by atoms with van der Waals surface area (Å²) in [4.78, 5) is 0. The first kappa shape index (κ1) is 24.3. The minimum atomic E-state index is -1.13. The molecule has 0 heterocycles. The van der Waals surface area contributed by atoms with Crippen LogP contribution in [-0.2, 0) is 18.7 Å². The number of ether oxygens (including phenoxy) is 1. The zero-order valence-electron chi connectivity index (χ0n) is 18.6. The quantitative estimate of drug-likeness (QED) is 0.496. The van der Waals surface area contributed by atoms with E-state index in [1.54, 1.807) is 25.1 Å². The first-order valence-corrected chi connectivity index (χ1v) is 10.4. The van der Waals surface area contributed by atoms with Gasteiger partial charge in [0.25, 0.3) is 0 Å². The summed E-state index contributed by atoms with van der Waals surface area (Å²) < 4.78 is 33.1. The molecular formula is C24H34F2N2O2. The number of hydrogen-bond donors (Lipinski definition) is 3. The van der Waals surface area contributed by atoms with E-state index in [1.807, 2.05) is 26.8 Å². The molecule has 2 aromatic rings. The molecule has 166 valence electrons. The molecule has 3 N–H and O–H groups in total. The zero-order chi connectivity index (χ0) is 22.3. The van der Waals surface area contributed by atoms with Crippen LogP contribution in [0.2, 0.25) is 0 Å². The van der Waals surface area contributed by atoms with E-state index >= 15 is 0 Å². The number of benzene rings is 2. The molecule has 0 saturated carbocycles. The van der Waals surface area contributed by atoms with Crippen molar-refractivity contribution in [2.75, 3.05) is 7.11 Å². The summed E-state index contributed by atoms with van der Waals surface area (Å²) in [6, 6.07) is 10.2. The number of methoxy groups -OCH3 is 1. The maximum atomic E-state index is 14.4. The topological polar surface area (TPSA) is 53.5 Å². The number of halogens is 2. The van der Waals surface area contributed by atoms with E-state index in [1.165, 1.54) is 19.2 Å². The van der Waals surface area contributed by atoms with E-state index < -0.39 is 5.60 Å². The van der Waals surface area contributed by atoms with Gasteiger partial charge in [-0.05, 0) is 56.0 Å². The van der Waals surface area contributed by atoms with Gasteiger partial charge in [-0.25, -0.2) is 8.78 Å². The molecule has 30 heavy (non-hydrogen) atoms. The molecule has 0 fully saturated rings. The Labute approximate surface area is 178 Å². The largest absolute Gasteiger partial charge is 0.494 e. The van der Waals surface area contributed by atoms with Crippen molar-refractivity contribution in [3.8, 4) is 5.75 Å². The molecule has 0 radical (unpaired) electrons. The van der Waals surface area contributed by atoms with Crippen molar-refractivity contribution < 1.29 is 18.6 Å². The molecule has 0 aliphatic carbocycles. The molecule has 0 spiro atoms. The molecule has 0 aromatic heterocycles. The Kier molecular flexibility index (Phi) is 8.77. The highest BCUT2D eigenvalue weighted by Crippen LogP contribution is 2.28. The first-order chi connectivity index (χ1) is 14.1. The molecule has 0 amide bonds. The lowest BCUT2D eigenvalue weighted by molar-refractivity contribution is 0.0426. The van der Waals surface area contributed by atoms with Crippen molar-refractivity contribution in [3.63, 3.8) is 0 Å². The lowest BCUT2D eigenvalue weighted by Crippen LogP contribution is -2.30. The smallest absolute Gasteiger partial charge is 0.165 e. The van der Waals surface area contributed by atoms with Crippen LogP contribution in [0.25, 0.3) is 0 Å². The lowest BCUT2D eigenvalue weighted by Gasteiger charge is -2.26. The monoisotopic (exact) mass is 420 g/mol. The summed E-state index contributed by atoms with van der Waals surface area (Å²) in [5, 5.41) is 17.4. The number of hydrogen-bond acceptors (Lipinski definition) is 4. The van der Waals surface area contributed by atoms with E-state index in [0.717, 1.165) is 5.56 Å². The number of nitrogens with one attached hydrogen (secondary N) is 2. The molecule has 0 saturated heterocycles. The second-order valence-corrected chi connectivity index (χ2v) is 8.41. The normalized spacial score (nSPS) is 14.6. The highest BCUT2D eigenvalue weighted by Gasteiger charge is 2.25. The van der Waals surface area contributed by atoms with Crippen LogP contribution in [-0.4, -0.2) is 24.3 Å². The molecule has 2 unspecified atom stereocenters. The number of rotatable bonds is 11. The Morgan fingerprint density at radius 1 is 1.00 bits per heavy atom. The Morgan fingerprint density at radius 3 is 2.33 bits per heavy atom. The van der Waals surface area contributed by atoms with Crippen LogP contribution >= 0.6 is 0 Å². The van der Waals surface area contributed by atoms with Crippen molar-refractivity contribution in [3.05, 3.63) is 64.7 Å². The van der Waals surface area contributed by atoms with Gasteiger partial charge < -0.3 is 20.5 Å².